The van der Waals surface area contributed by atoms with E-state index in [2.05, 4.69) is 26.8 Å². The first-order chi connectivity index (χ1) is 12.8. The van der Waals surface area contributed by atoms with E-state index < -0.39 is 22.8 Å². The zero-order valence-corrected chi connectivity index (χ0v) is 16.6. The van der Waals surface area contributed by atoms with Gasteiger partial charge in [-0.2, -0.15) is 0 Å². The predicted molar refractivity (Wildman–Crippen MR) is 104 cm³/mol. The molecule has 2 rings (SSSR count). The third kappa shape index (κ3) is 6.91. The molecule has 0 aromatic heterocycles. The predicted octanol–water partition coefficient (Wildman–Crippen LogP) is 3.06. The lowest BCUT2D eigenvalue weighted by Crippen LogP contribution is -2.47. The van der Waals surface area contributed by atoms with E-state index in [1.54, 1.807) is 37.3 Å². The lowest BCUT2D eigenvalue weighted by molar-refractivity contribution is -0.384. The highest BCUT2D eigenvalue weighted by atomic mass is 79.9. The second-order valence-corrected chi connectivity index (χ2v) is 7.26. The highest BCUT2D eigenvalue weighted by Crippen LogP contribution is 2.21. The molecule has 0 aliphatic carbocycles. The minimum atomic E-state index is -0.804. The summed E-state index contributed by atoms with van der Waals surface area (Å²) in [5.41, 5.74) is 4.59. The van der Waals surface area contributed by atoms with E-state index in [0.29, 0.717) is 10.6 Å². The van der Waals surface area contributed by atoms with Gasteiger partial charge in [0.1, 0.15) is 5.75 Å². The van der Waals surface area contributed by atoms with Gasteiger partial charge in [-0.3, -0.25) is 30.6 Å². The molecule has 2 aromatic rings. The smallest absolute Gasteiger partial charge is 0.279 e. The molecule has 0 bridgehead atoms. The van der Waals surface area contributed by atoms with E-state index >= 15 is 0 Å². The van der Waals surface area contributed by atoms with Crippen molar-refractivity contribution in [2.75, 3.05) is 5.75 Å². The second-order valence-electron chi connectivity index (χ2n) is 5.29. The Morgan fingerprint density at radius 2 is 1.93 bits per heavy atom. The van der Waals surface area contributed by atoms with Crippen molar-refractivity contribution in [1.29, 1.82) is 0 Å². The van der Waals surface area contributed by atoms with Crippen molar-refractivity contribution in [3.8, 4) is 5.75 Å². The van der Waals surface area contributed by atoms with Crippen LogP contribution in [0, 0.1) is 10.1 Å². The van der Waals surface area contributed by atoms with E-state index in [1.807, 2.05) is 6.07 Å². The number of non-ortho nitro benzene ring substituents is 1. The molecule has 2 aromatic carbocycles. The minimum Gasteiger partial charge on any atom is -0.481 e. The van der Waals surface area contributed by atoms with E-state index in [0.717, 1.165) is 4.47 Å². The number of amides is 2. The first-order valence-electron chi connectivity index (χ1n) is 7.73. The van der Waals surface area contributed by atoms with Gasteiger partial charge in [0.15, 0.2) is 6.10 Å². The van der Waals surface area contributed by atoms with Crippen LogP contribution >= 0.6 is 27.7 Å². The van der Waals surface area contributed by atoms with Gasteiger partial charge in [-0.25, -0.2) is 0 Å². The van der Waals surface area contributed by atoms with Crippen LogP contribution in [0.1, 0.15) is 6.92 Å². The monoisotopic (exact) mass is 453 g/mol. The first kappa shape index (κ1) is 20.7. The molecule has 0 aliphatic heterocycles. The third-order valence-corrected chi connectivity index (χ3v) is 4.73. The molecule has 1 unspecified atom stereocenters. The van der Waals surface area contributed by atoms with Crippen LogP contribution < -0.4 is 15.6 Å². The summed E-state index contributed by atoms with van der Waals surface area (Å²) in [6.07, 6.45) is -0.804. The molecule has 2 amide bonds. The number of hydrogen-bond donors (Lipinski definition) is 2. The van der Waals surface area contributed by atoms with Gasteiger partial charge >= 0.3 is 0 Å². The quantitative estimate of drug-likeness (QED) is 0.378. The van der Waals surface area contributed by atoms with Crippen molar-refractivity contribution in [2.45, 2.75) is 17.9 Å². The van der Waals surface area contributed by atoms with Gasteiger partial charge in [-0.05, 0) is 37.3 Å². The van der Waals surface area contributed by atoms with E-state index in [1.165, 1.54) is 23.9 Å². The van der Waals surface area contributed by atoms with Crippen molar-refractivity contribution in [2.24, 2.45) is 0 Å². The molecule has 142 valence electrons. The number of nitrogens with one attached hydrogen (secondary N) is 2. The van der Waals surface area contributed by atoms with E-state index in [-0.39, 0.29) is 11.4 Å². The first-order valence-corrected chi connectivity index (χ1v) is 9.51. The molecule has 0 aliphatic rings. The normalized spacial score (nSPS) is 11.3. The Kier molecular flexibility index (Phi) is 7.62. The molecule has 0 spiro atoms. The Balaban J connectivity index is 1.74. The lowest BCUT2D eigenvalue weighted by Gasteiger charge is -2.15. The average molecular weight is 454 g/mol. The number of carbonyl (C=O) groups excluding carboxylic acids is 2. The summed E-state index contributed by atoms with van der Waals surface area (Å²) in [5, 5.41) is 10.6. The summed E-state index contributed by atoms with van der Waals surface area (Å²) in [5.74, 6) is -0.351. The number of thioether (sulfide) groups is 1. The number of halogens is 1. The summed E-state index contributed by atoms with van der Waals surface area (Å²) < 4.78 is 6.32. The van der Waals surface area contributed by atoms with E-state index in [9.17, 15) is 19.7 Å². The van der Waals surface area contributed by atoms with Gasteiger partial charge in [0.25, 0.3) is 11.6 Å². The molecule has 27 heavy (non-hydrogen) atoms. The highest BCUT2D eigenvalue weighted by Gasteiger charge is 2.15. The number of nitro groups is 1. The van der Waals surface area contributed by atoms with Crippen molar-refractivity contribution >= 4 is 45.2 Å². The summed E-state index contributed by atoms with van der Waals surface area (Å²) in [6.45, 7) is 1.56. The SMILES string of the molecule is CC(Oc1cccc(Br)c1)C(=O)NNC(=O)CSc1ccc([N+](=O)[O-])cc1. The van der Waals surface area contributed by atoms with Crippen LogP contribution in [0.15, 0.2) is 57.9 Å². The standard InChI is InChI=1S/C17H16BrN3O5S/c1-11(26-14-4-2-3-12(18)9-14)17(23)20-19-16(22)10-27-15-7-5-13(6-8-15)21(24)25/h2-9,11H,10H2,1H3,(H,19,22)(H,20,23). The minimum absolute atomic E-state index is 0.0181. The molecule has 2 N–H and O–H groups in total. The van der Waals surface area contributed by atoms with Gasteiger partial charge in [0.05, 0.1) is 10.7 Å². The van der Waals surface area contributed by atoms with Crippen LogP contribution in [-0.4, -0.2) is 28.6 Å². The van der Waals surface area contributed by atoms with Crippen molar-refractivity contribution in [1.82, 2.24) is 10.9 Å². The Morgan fingerprint density at radius 1 is 1.22 bits per heavy atom. The van der Waals surface area contributed by atoms with Crippen LogP contribution in [0.5, 0.6) is 5.75 Å². The molecule has 10 heteroatoms. The second kappa shape index (κ2) is 9.93. The van der Waals surface area contributed by atoms with Crippen molar-refractivity contribution in [3.05, 3.63) is 63.1 Å². The molecule has 8 nitrogen and oxygen atoms in total. The average Bonchev–Trinajstić information content (AvgIpc) is 2.64. The fraction of sp³-hybridized carbons (Fsp3) is 0.176. The van der Waals surface area contributed by atoms with Gasteiger partial charge in [0, 0.05) is 21.5 Å². The van der Waals surface area contributed by atoms with Crippen molar-refractivity contribution < 1.29 is 19.2 Å². The maximum atomic E-state index is 12.0. The molecule has 0 saturated heterocycles. The van der Waals surface area contributed by atoms with Crippen LogP contribution in [-0.2, 0) is 9.59 Å². The number of rotatable bonds is 7. The topological polar surface area (TPSA) is 111 Å². The number of ether oxygens (including phenoxy) is 1. The maximum absolute atomic E-state index is 12.0. The number of nitrogens with zero attached hydrogens (tertiary/aromatic N) is 1. The van der Waals surface area contributed by atoms with Gasteiger partial charge in [-0.1, -0.05) is 22.0 Å². The molecular weight excluding hydrogens is 438 g/mol. The van der Waals surface area contributed by atoms with Gasteiger partial charge < -0.3 is 4.74 Å². The van der Waals surface area contributed by atoms with Gasteiger partial charge in [0.2, 0.25) is 5.91 Å². The Morgan fingerprint density at radius 3 is 2.56 bits per heavy atom. The van der Waals surface area contributed by atoms with Crippen LogP contribution in [0.4, 0.5) is 5.69 Å². The molecular formula is C17H16BrN3O5S. The molecule has 0 heterocycles. The number of hydrogen-bond acceptors (Lipinski definition) is 6. The van der Waals surface area contributed by atoms with Crippen LogP contribution in [0.25, 0.3) is 0 Å². The van der Waals surface area contributed by atoms with Crippen LogP contribution in [0.2, 0.25) is 0 Å². The zero-order valence-electron chi connectivity index (χ0n) is 14.2. The number of nitro benzene ring substituents is 1. The zero-order chi connectivity index (χ0) is 19.8. The van der Waals surface area contributed by atoms with E-state index in [4.69, 9.17) is 4.74 Å². The lowest BCUT2D eigenvalue weighted by atomic mass is 10.3. The molecule has 0 radical (unpaired) electrons. The summed E-state index contributed by atoms with van der Waals surface area (Å²) in [4.78, 5) is 34.6. The molecule has 1 atom stereocenters. The Labute approximate surface area is 167 Å². The molecule has 0 fully saturated rings. The Bertz CT molecular complexity index is 832. The summed E-state index contributed by atoms with van der Waals surface area (Å²) in [7, 11) is 0. The summed E-state index contributed by atoms with van der Waals surface area (Å²) in [6, 6.07) is 12.9. The number of carbonyl (C=O) groups is 2. The third-order valence-electron chi connectivity index (χ3n) is 3.22. The maximum Gasteiger partial charge on any atom is 0.279 e. The fourth-order valence-electron chi connectivity index (χ4n) is 1.88. The number of hydrazine groups is 1. The largest absolute Gasteiger partial charge is 0.481 e. The number of benzene rings is 2. The Hall–Kier alpha value is -2.59. The molecule has 0 saturated carbocycles. The summed E-state index contributed by atoms with van der Waals surface area (Å²) >= 11 is 4.50. The van der Waals surface area contributed by atoms with Gasteiger partial charge in [-0.15, -0.1) is 11.8 Å². The van der Waals surface area contributed by atoms with Crippen LogP contribution in [0.3, 0.4) is 0 Å². The fourth-order valence-corrected chi connectivity index (χ4v) is 2.96. The van der Waals surface area contributed by atoms with Crippen molar-refractivity contribution in [3.63, 3.8) is 0 Å². The highest BCUT2D eigenvalue weighted by molar-refractivity contribution is 9.10.